The molecule has 0 bridgehead atoms. The third-order valence-corrected chi connectivity index (χ3v) is 3.63. The van der Waals surface area contributed by atoms with E-state index in [1.54, 1.807) is 0 Å². The Hall–Kier alpha value is -1.39. The van der Waals surface area contributed by atoms with Crippen LogP contribution in [-0.2, 0) is 9.53 Å². The van der Waals surface area contributed by atoms with E-state index < -0.39 is 0 Å². The van der Waals surface area contributed by atoms with Gasteiger partial charge in [-0.25, -0.2) is 0 Å². The normalized spacial score (nSPS) is 26.1. The summed E-state index contributed by atoms with van der Waals surface area (Å²) < 4.78 is 5.57. The second-order valence-electron chi connectivity index (χ2n) is 4.89. The van der Waals surface area contributed by atoms with Gasteiger partial charge in [0.1, 0.15) is 6.04 Å². The van der Waals surface area contributed by atoms with Crippen molar-refractivity contribution in [3.8, 4) is 0 Å². The number of nitrogens with one attached hydrogen (secondary N) is 2. The molecule has 4 heteroatoms. The molecule has 1 amide bonds. The fourth-order valence-electron chi connectivity index (χ4n) is 2.67. The topological polar surface area (TPSA) is 50.4 Å². The average Bonchev–Trinajstić information content (AvgIpc) is 2.98. The lowest BCUT2D eigenvalue weighted by molar-refractivity contribution is -0.117. The number of hydrogen-bond donors (Lipinski definition) is 2. The summed E-state index contributed by atoms with van der Waals surface area (Å²) in [5.41, 5.74) is 1.98. The number of para-hydroxylation sites is 1. The van der Waals surface area contributed by atoms with Crippen molar-refractivity contribution in [2.75, 3.05) is 18.5 Å². The standard InChI is InChI=1S/C14H18N2O2/c17-14-13(11-5-1-2-6-12(11)16-14)15-8-7-10-4-3-9-18-10/h1-2,5-6,10,13,15H,3-4,7-9H2,(H,16,17). The Labute approximate surface area is 107 Å². The van der Waals surface area contributed by atoms with Crippen molar-refractivity contribution >= 4 is 11.6 Å². The van der Waals surface area contributed by atoms with Crippen molar-refractivity contribution in [1.29, 1.82) is 0 Å². The first-order valence-corrected chi connectivity index (χ1v) is 6.59. The van der Waals surface area contributed by atoms with Gasteiger partial charge in [0.25, 0.3) is 0 Å². The molecule has 3 rings (SSSR count). The molecule has 1 aromatic rings. The third kappa shape index (κ3) is 2.26. The minimum atomic E-state index is -0.206. The molecule has 1 aromatic carbocycles. The summed E-state index contributed by atoms with van der Waals surface area (Å²) in [6.07, 6.45) is 3.66. The fraction of sp³-hybridized carbons (Fsp3) is 0.500. The molecular weight excluding hydrogens is 228 g/mol. The highest BCUT2D eigenvalue weighted by atomic mass is 16.5. The zero-order valence-electron chi connectivity index (χ0n) is 10.3. The van der Waals surface area contributed by atoms with Crippen molar-refractivity contribution < 1.29 is 9.53 Å². The van der Waals surface area contributed by atoms with E-state index in [0.717, 1.165) is 43.7 Å². The maximum Gasteiger partial charge on any atom is 0.246 e. The molecule has 18 heavy (non-hydrogen) atoms. The van der Waals surface area contributed by atoms with E-state index in [2.05, 4.69) is 10.6 Å². The minimum absolute atomic E-state index is 0.0449. The molecule has 2 aliphatic heterocycles. The first-order chi connectivity index (χ1) is 8.84. The maximum absolute atomic E-state index is 11.9. The number of fused-ring (bicyclic) bond motifs is 1. The molecular formula is C14H18N2O2. The number of amides is 1. The first-order valence-electron chi connectivity index (χ1n) is 6.59. The van der Waals surface area contributed by atoms with Crippen molar-refractivity contribution in [3.63, 3.8) is 0 Å². The lowest BCUT2D eigenvalue weighted by Gasteiger charge is -2.14. The number of benzene rings is 1. The van der Waals surface area contributed by atoms with Crippen LogP contribution in [0.25, 0.3) is 0 Å². The summed E-state index contributed by atoms with van der Waals surface area (Å²) in [7, 11) is 0. The smallest absolute Gasteiger partial charge is 0.246 e. The van der Waals surface area contributed by atoms with Gasteiger partial charge < -0.3 is 15.4 Å². The van der Waals surface area contributed by atoms with Crippen LogP contribution in [0.4, 0.5) is 5.69 Å². The highest BCUT2D eigenvalue weighted by Crippen LogP contribution is 2.30. The van der Waals surface area contributed by atoms with Crippen LogP contribution in [0.1, 0.15) is 30.9 Å². The van der Waals surface area contributed by atoms with Crippen LogP contribution in [0.3, 0.4) is 0 Å². The first kappa shape index (κ1) is 11.7. The number of carbonyl (C=O) groups is 1. The zero-order valence-corrected chi connectivity index (χ0v) is 10.3. The van der Waals surface area contributed by atoms with Crippen LogP contribution >= 0.6 is 0 Å². The van der Waals surface area contributed by atoms with Crippen molar-refractivity contribution in [3.05, 3.63) is 29.8 Å². The summed E-state index contributed by atoms with van der Waals surface area (Å²) in [6, 6.07) is 7.64. The molecule has 0 saturated carbocycles. The van der Waals surface area contributed by atoms with Crippen LogP contribution in [0.2, 0.25) is 0 Å². The molecule has 0 aromatic heterocycles. The average molecular weight is 246 g/mol. The van der Waals surface area contributed by atoms with Crippen molar-refractivity contribution in [2.45, 2.75) is 31.4 Å². The summed E-state index contributed by atoms with van der Waals surface area (Å²) >= 11 is 0. The highest BCUT2D eigenvalue weighted by molar-refractivity contribution is 6.02. The predicted octanol–water partition coefficient (Wildman–Crippen LogP) is 1.84. The van der Waals surface area contributed by atoms with Gasteiger partial charge in [0.15, 0.2) is 0 Å². The SMILES string of the molecule is O=C1Nc2ccccc2C1NCCC1CCCO1. The largest absolute Gasteiger partial charge is 0.378 e. The van der Waals surface area contributed by atoms with Gasteiger partial charge >= 0.3 is 0 Å². The summed E-state index contributed by atoms with van der Waals surface area (Å²) in [6.45, 7) is 1.70. The molecule has 2 atom stereocenters. The number of hydrogen-bond acceptors (Lipinski definition) is 3. The van der Waals surface area contributed by atoms with Gasteiger partial charge in [-0.05, 0) is 31.9 Å². The lowest BCUT2D eigenvalue weighted by Crippen LogP contribution is -2.30. The van der Waals surface area contributed by atoms with Crippen molar-refractivity contribution in [1.82, 2.24) is 5.32 Å². The Kier molecular flexibility index (Phi) is 3.30. The van der Waals surface area contributed by atoms with E-state index in [0.29, 0.717) is 6.10 Å². The molecule has 4 nitrogen and oxygen atoms in total. The molecule has 2 unspecified atom stereocenters. The summed E-state index contributed by atoms with van der Waals surface area (Å²) in [5.74, 6) is 0.0449. The second kappa shape index (κ2) is 5.08. The molecule has 2 N–H and O–H groups in total. The van der Waals surface area contributed by atoms with E-state index in [1.165, 1.54) is 0 Å². The van der Waals surface area contributed by atoms with Crippen LogP contribution < -0.4 is 10.6 Å². The number of carbonyl (C=O) groups excluding carboxylic acids is 1. The van der Waals surface area contributed by atoms with Crippen LogP contribution in [0.15, 0.2) is 24.3 Å². The van der Waals surface area contributed by atoms with Gasteiger partial charge in [-0.2, -0.15) is 0 Å². The molecule has 2 aliphatic rings. The predicted molar refractivity (Wildman–Crippen MR) is 69.4 cm³/mol. The zero-order chi connectivity index (χ0) is 12.4. The van der Waals surface area contributed by atoms with Gasteiger partial charge in [0.2, 0.25) is 5.91 Å². The van der Waals surface area contributed by atoms with Gasteiger partial charge in [0, 0.05) is 17.9 Å². The third-order valence-electron chi connectivity index (χ3n) is 3.63. The lowest BCUT2D eigenvalue weighted by atomic mass is 10.1. The van der Waals surface area contributed by atoms with Gasteiger partial charge in [-0.1, -0.05) is 18.2 Å². The Morgan fingerprint density at radius 2 is 2.28 bits per heavy atom. The maximum atomic E-state index is 11.9. The second-order valence-corrected chi connectivity index (χ2v) is 4.89. The number of rotatable bonds is 4. The Morgan fingerprint density at radius 1 is 1.39 bits per heavy atom. The summed E-state index contributed by atoms with van der Waals surface area (Å²) in [5, 5.41) is 6.22. The molecule has 0 radical (unpaired) electrons. The Balaban J connectivity index is 1.57. The van der Waals surface area contributed by atoms with E-state index in [1.807, 2.05) is 24.3 Å². The molecule has 96 valence electrons. The van der Waals surface area contributed by atoms with Gasteiger partial charge in [-0.3, -0.25) is 4.79 Å². The molecule has 2 heterocycles. The quantitative estimate of drug-likeness (QED) is 0.852. The molecule has 0 aliphatic carbocycles. The van der Waals surface area contributed by atoms with Crippen LogP contribution in [0.5, 0.6) is 0 Å². The molecule has 1 fully saturated rings. The van der Waals surface area contributed by atoms with E-state index in [-0.39, 0.29) is 11.9 Å². The fourth-order valence-corrected chi connectivity index (χ4v) is 2.67. The van der Waals surface area contributed by atoms with E-state index in [4.69, 9.17) is 4.74 Å². The monoisotopic (exact) mass is 246 g/mol. The van der Waals surface area contributed by atoms with Crippen molar-refractivity contribution in [2.24, 2.45) is 0 Å². The number of ether oxygens (including phenoxy) is 1. The van der Waals surface area contributed by atoms with Gasteiger partial charge in [-0.15, -0.1) is 0 Å². The van der Waals surface area contributed by atoms with E-state index >= 15 is 0 Å². The Bertz CT molecular complexity index is 441. The summed E-state index contributed by atoms with van der Waals surface area (Å²) in [4.78, 5) is 11.9. The minimum Gasteiger partial charge on any atom is -0.378 e. The van der Waals surface area contributed by atoms with Crippen LogP contribution in [0, 0.1) is 0 Å². The number of anilines is 1. The van der Waals surface area contributed by atoms with Crippen LogP contribution in [-0.4, -0.2) is 25.2 Å². The highest BCUT2D eigenvalue weighted by Gasteiger charge is 2.29. The van der Waals surface area contributed by atoms with Gasteiger partial charge in [0.05, 0.1) is 6.10 Å². The molecule has 1 saturated heterocycles. The molecule has 0 spiro atoms. The Morgan fingerprint density at radius 3 is 3.11 bits per heavy atom. The van der Waals surface area contributed by atoms with E-state index in [9.17, 15) is 4.79 Å².